The van der Waals surface area contributed by atoms with Gasteiger partial charge in [-0.25, -0.2) is 0 Å². The summed E-state index contributed by atoms with van der Waals surface area (Å²) < 4.78 is 0. The van der Waals surface area contributed by atoms with Crippen molar-refractivity contribution in [2.45, 2.75) is 44.1 Å². The van der Waals surface area contributed by atoms with Crippen molar-refractivity contribution >= 4 is 23.3 Å². The number of likely N-dealkylation sites (tertiary alicyclic amines) is 1. The Morgan fingerprint density at radius 3 is 2.39 bits per heavy atom. The SMILES string of the molecule is N#C[C@@]12C(=N)N(C3CCCCC3)C(=O)[C@@H]1[C@H]2c1ccc(Cl)cc1. The molecule has 1 amide bonds. The summed E-state index contributed by atoms with van der Waals surface area (Å²) in [5.74, 6) is -0.377. The van der Waals surface area contributed by atoms with Gasteiger partial charge in [-0.2, -0.15) is 5.26 Å². The van der Waals surface area contributed by atoms with Crippen LogP contribution in [-0.2, 0) is 4.79 Å². The molecule has 0 unspecified atom stereocenters. The molecule has 1 N–H and O–H groups in total. The van der Waals surface area contributed by atoms with Gasteiger partial charge >= 0.3 is 0 Å². The van der Waals surface area contributed by atoms with Crippen molar-refractivity contribution < 1.29 is 4.79 Å². The molecule has 1 aromatic carbocycles. The summed E-state index contributed by atoms with van der Waals surface area (Å²) in [5, 5.41) is 18.9. The Morgan fingerprint density at radius 2 is 1.83 bits per heavy atom. The summed E-state index contributed by atoms with van der Waals surface area (Å²) in [6, 6.07) is 9.73. The van der Waals surface area contributed by atoms with Crippen LogP contribution in [0.15, 0.2) is 24.3 Å². The molecule has 1 aromatic rings. The van der Waals surface area contributed by atoms with Crippen LogP contribution in [0.25, 0.3) is 0 Å². The highest BCUT2D eigenvalue weighted by molar-refractivity contribution is 6.30. The maximum atomic E-state index is 12.9. The Kier molecular flexibility index (Phi) is 3.24. The fourth-order valence-electron chi connectivity index (χ4n) is 4.50. The van der Waals surface area contributed by atoms with Crippen LogP contribution in [-0.4, -0.2) is 22.7 Å². The quantitative estimate of drug-likeness (QED) is 0.899. The van der Waals surface area contributed by atoms with Gasteiger partial charge in [-0.1, -0.05) is 43.0 Å². The van der Waals surface area contributed by atoms with Crippen molar-refractivity contribution in [3.63, 3.8) is 0 Å². The highest BCUT2D eigenvalue weighted by Crippen LogP contribution is 2.70. The second kappa shape index (κ2) is 5.07. The number of carbonyl (C=O) groups is 1. The van der Waals surface area contributed by atoms with Crippen LogP contribution in [0.1, 0.15) is 43.6 Å². The van der Waals surface area contributed by atoms with Crippen LogP contribution in [0, 0.1) is 28.1 Å². The standard InChI is InChI=1S/C18H18ClN3O/c19-12-8-6-11(7-9-12)14-15-16(23)22(13-4-2-1-3-5-13)17(21)18(14,15)10-20/h6-9,13-15,21H,1-5H2/t14-,15+,18+/m1/s1. The van der Waals surface area contributed by atoms with Gasteiger partial charge in [0.05, 0.1) is 12.0 Å². The number of hydrogen-bond donors (Lipinski definition) is 1. The fraction of sp³-hybridized carbons (Fsp3) is 0.500. The molecule has 0 spiro atoms. The summed E-state index contributed by atoms with van der Waals surface area (Å²) in [7, 11) is 0. The number of amidine groups is 1. The van der Waals surface area contributed by atoms with Crippen LogP contribution >= 0.6 is 11.6 Å². The van der Waals surface area contributed by atoms with Crippen molar-refractivity contribution in [1.29, 1.82) is 10.7 Å². The van der Waals surface area contributed by atoms with Crippen molar-refractivity contribution in [3.8, 4) is 6.07 Å². The lowest BCUT2D eigenvalue weighted by Gasteiger charge is -2.33. The first-order valence-corrected chi connectivity index (χ1v) is 8.58. The minimum Gasteiger partial charge on any atom is -0.296 e. The minimum absolute atomic E-state index is 0.0246. The zero-order chi connectivity index (χ0) is 16.2. The van der Waals surface area contributed by atoms with Gasteiger partial charge in [0.25, 0.3) is 0 Å². The Labute approximate surface area is 140 Å². The molecule has 1 aliphatic heterocycles. The van der Waals surface area contributed by atoms with Crippen molar-refractivity contribution in [2.75, 3.05) is 0 Å². The maximum absolute atomic E-state index is 12.9. The van der Waals surface area contributed by atoms with E-state index >= 15 is 0 Å². The Hall–Kier alpha value is -1.86. The average molecular weight is 328 g/mol. The third-order valence-electron chi connectivity index (χ3n) is 5.70. The van der Waals surface area contributed by atoms with Gasteiger partial charge < -0.3 is 0 Å². The van der Waals surface area contributed by atoms with E-state index in [9.17, 15) is 10.1 Å². The monoisotopic (exact) mass is 327 g/mol. The normalized spacial score (nSPS) is 33.5. The summed E-state index contributed by atoms with van der Waals surface area (Å²) >= 11 is 5.93. The number of nitrogens with zero attached hydrogens (tertiary/aromatic N) is 2. The van der Waals surface area contributed by atoms with Gasteiger partial charge in [0.15, 0.2) is 0 Å². The number of nitrogens with one attached hydrogen (secondary N) is 1. The van der Waals surface area contributed by atoms with Crippen LogP contribution < -0.4 is 0 Å². The van der Waals surface area contributed by atoms with E-state index in [0.29, 0.717) is 5.02 Å². The number of fused-ring (bicyclic) bond motifs is 1. The molecule has 2 aliphatic carbocycles. The number of nitriles is 1. The summed E-state index contributed by atoms with van der Waals surface area (Å²) in [5.41, 5.74) is -0.0233. The number of hydrogen-bond acceptors (Lipinski definition) is 3. The third-order valence-corrected chi connectivity index (χ3v) is 5.95. The zero-order valence-corrected chi connectivity index (χ0v) is 13.5. The first-order chi connectivity index (χ1) is 11.1. The number of benzene rings is 1. The third kappa shape index (κ3) is 1.89. The molecule has 118 valence electrons. The molecule has 3 aliphatic rings. The number of piperidine rings is 1. The van der Waals surface area contributed by atoms with E-state index in [-0.39, 0.29) is 29.6 Å². The van der Waals surface area contributed by atoms with Crippen LogP contribution in [0.2, 0.25) is 5.02 Å². The molecule has 5 heteroatoms. The maximum Gasteiger partial charge on any atom is 0.234 e. The van der Waals surface area contributed by atoms with Gasteiger partial charge in [0.2, 0.25) is 5.91 Å². The van der Waals surface area contributed by atoms with Gasteiger partial charge in [-0.05, 0) is 30.5 Å². The average Bonchev–Trinajstić information content (AvgIpc) is 3.20. The van der Waals surface area contributed by atoms with Crippen molar-refractivity contribution in [1.82, 2.24) is 4.90 Å². The smallest absolute Gasteiger partial charge is 0.234 e. The highest BCUT2D eigenvalue weighted by atomic mass is 35.5. The first kappa shape index (κ1) is 14.7. The van der Waals surface area contributed by atoms with Crippen LogP contribution in [0.4, 0.5) is 0 Å². The summed E-state index contributed by atoms with van der Waals surface area (Å²) in [6.45, 7) is 0. The Bertz CT molecular complexity index is 717. The predicted octanol–water partition coefficient (Wildman–Crippen LogP) is 3.72. The molecule has 0 radical (unpaired) electrons. The molecule has 3 fully saturated rings. The summed E-state index contributed by atoms with van der Waals surface area (Å²) in [4.78, 5) is 14.5. The topological polar surface area (TPSA) is 68.0 Å². The van der Waals surface area contributed by atoms with Crippen LogP contribution in [0.5, 0.6) is 0 Å². The zero-order valence-electron chi connectivity index (χ0n) is 12.8. The van der Waals surface area contributed by atoms with Crippen molar-refractivity contribution in [2.24, 2.45) is 11.3 Å². The van der Waals surface area contributed by atoms with E-state index < -0.39 is 5.41 Å². The van der Waals surface area contributed by atoms with E-state index in [1.54, 1.807) is 17.0 Å². The molecule has 4 nitrogen and oxygen atoms in total. The number of rotatable bonds is 2. The predicted molar refractivity (Wildman–Crippen MR) is 87.2 cm³/mol. The lowest BCUT2D eigenvalue weighted by molar-refractivity contribution is -0.129. The molecule has 2 saturated carbocycles. The molecular weight excluding hydrogens is 310 g/mol. The molecule has 23 heavy (non-hydrogen) atoms. The lowest BCUT2D eigenvalue weighted by atomic mass is 9.92. The van der Waals surface area contributed by atoms with E-state index in [1.807, 2.05) is 12.1 Å². The molecule has 1 saturated heterocycles. The molecule has 1 heterocycles. The van der Waals surface area contributed by atoms with Gasteiger partial charge in [0.1, 0.15) is 11.3 Å². The second-order valence-electron chi connectivity index (χ2n) is 6.84. The molecular formula is C18H18ClN3O. The highest BCUT2D eigenvalue weighted by Gasteiger charge is 2.79. The number of amides is 1. The van der Waals surface area contributed by atoms with E-state index in [4.69, 9.17) is 17.0 Å². The Morgan fingerprint density at radius 1 is 1.17 bits per heavy atom. The van der Waals surface area contributed by atoms with Crippen LogP contribution in [0.3, 0.4) is 0 Å². The van der Waals surface area contributed by atoms with E-state index in [0.717, 1.165) is 31.2 Å². The van der Waals surface area contributed by atoms with Gasteiger partial charge in [0, 0.05) is 17.0 Å². The molecule has 0 aromatic heterocycles. The van der Waals surface area contributed by atoms with Gasteiger partial charge in [-0.3, -0.25) is 15.1 Å². The number of halogens is 1. The lowest BCUT2D eigenvalue weighted by Crippen LogP contribution is -2.44. The molecule has 3 atom stereocenters. The van der Waals surface area contributed by atoms with Gasteiger partial charge in [-0.15, -0.1) is 0 Å². The first-order valence-electron chi connectivity index (χ1n) is 8.20. The van der Waals surface area contributed by atoms with E-state index in [2.05, 4.69) is 6.07 Å². The molecule has 0 bridgehead atoms. The number of carbonyl (C=O) groups excluding carboxylic acids is 1. The molecule has 4 rings (SSSR count). The minimum atomic E-state index is -0.956. The van der Waals surface area contributed by atoms with Crippen molar-refractivity contribution in [3.05, 3.63) is 34.9 Å². The summed E-state index contributed by atoms with van der Waals surface area (Å²) in [6.07, 6.45) is 5.31. The largest absolute Gasteiger partial charge is 0.296 e. The Balaban J connectivity index is 1.65. The van der Waals surface area contributed by atoms with E-state index in [1.165, 1.54) is 6.42 Å². The fourth-order valence-corrected chi connectivity index (χ4v) is 4.62. The second-order valence-corrected chi connectivity index (χ2v) is 7.27.